The summed E-state index contributed by atoms with van der Waals surface area (Å²) in [7, 11) is 0. The Morgan fingerprint density at radius 3 is 2.75 bits per heavy atom. The Kier molecular flexibility index (Phi) is 2.44. The highest BCUT2D eigenvalue weighted by Crippen LogP contribution is 2.45. The average Bonchev–Trinajstić information content (AvgIpc) is 2.83. The zero-order valence-corrected chi connectivity index (χ0v) is 9.38. The zero-order chi connectivity index (χ0) is 11.3. The number of carboxylic acids is 1. The molecule has 3 fully saturated rings. The second-order valence-corrected chi connectivity index (χ2v) is 5.52. The van der Waals surface area contributed by atoms with Gasteiger partial charge in [0.15, 0.2) is 0 Å². The van der Waals surface area contributed by atoms with Crippen LogP contribution < -0.4 is 0 Å². The summed E-state index contributed by atoms with van der Waals surface area (Å²) in [5.74, 6) is -0.700. The summed E-state index contributed by atoms with van der Waals surface area (Å²) in [4.78, 5) is 13.4. The monoisotopic (exact) mass is 225 g/mol. The normalized spacial score (nSPS) is 47.7. The van der Waals surface area contributed by atoms with Gasteiger partial charge in [-0.1, -0.05) is 0 Å². The molecule has 0 unspecified atom stereocenters. The number of carboxylic acid groups (broad SMARTS) is 1. The van der Waals surface area contributed by atoms with Gasteiger partial charge in [0.2, 0.25) is 0 Å². The SMILES string of the molecule is O=C(O)[C@@H]1CC[C@@H]2[C@H](C1)[C@@H](O)[C@@H]1CCCN21. The molecular weight excluding hydrogens is 206 g/mol. The first kappa shape index (κ1) is 10.5. The van der Waals surface area contributed by atoms with Crippen LogP contribution in [-0.4, -0.2) is 45.8 Å². The van der Waals surface area contributed by atoms with Gasteiger partial charge >= 0.3 is 5.97 Å². The average molecular weight is 225 g/mol. The Labute approximate surface area is 95.2 Å². The zero-order valence-electron chi connectivity index (χ0n) is 9.38. The molecule has 4 heteroatoms. The van der Waals surface area contributed by atoms with Gasteiger partial charge in [-0.05, 0) is 38.6 Å². The molecule has 0 spiro atoms. The topological polar surface area (TPSA) is 60.8 Å². The first-order valence-electron chi connectivity index (χ1n) is 6.35. The highest BCUT2D eigenvalue weighted by Gasteiger charge is 2.52. The van der Waals surface area contributed by atoms with Crippen LogP contribution in [0.4, 0.5) is 0 Å². The first-order valence-corrected chi connectivity index (χ1v) is 6.35. The van der Waals surface area contributed by atoms with E-state index in [9.17, 15) is 9.90 Å². The van der Waals surface area contributed by atoms with Crippen molar-refractivity contribution in [3.8, 4) is 0 Å². The molecule has 0 radical (unpaired) electrons. The van der Waals surface area contributed by atoms with E-state index in [2.05, 4.69) is 4.90 Å². The molecule has 0 amide bonds. The minimum absolute atomic E-state index is 0.208. The van der Waals surface area contributed by atoms with Crippen LogP contribution in [0.2, 0.25) is 0 Å². The maximum atomic E-state index is 11.0. The van der Waals surface area contributed by atoms with E-state index in [-0.39, 0.29) is 17.9 Å². The van der Waals surface area contributed by atoms with Crippen molar-refractivity contribution in [3.63, 3.8) is 0 Å². The first-order chi connectivity index (χ1) is 7.68. The Balaban J connectivity index is 1.77. The molecule has 2 aliphatic heterocycles. The predicted octanol–water partition coefficient (Wildman–Crippen LogP) is 0.695. The van der Waals surface area contributed by atoms with Gasteiger partial charge in [-0.2, -0.15) is 0 Å². The molecule has 0 bridgehead atoms. The molecular formula is C12H19NO3. The summed E-state index contributed by atoms with van der Waals surface area (Å²) >= 11 is 0. The quantitative estimate of drug-likeness (QED) is 0.689. The van der Waals surface area contributed by atoms with Crippen molar-refractivity contribution in [1.82, 2.24) is 4.90 Å². The van der Waals surface area contributed by atoms with Gasteiger partial charge in [0.05, 0.1) is 12.0 Å². The van der Waals surface area contributed by atoms with Crippen LogP contribution in [0.15, 0.2) is 0 Å². The number of aliphatic hydroxyl groups is 1. The maximum absolute atomic E-state index is 11.0. The summed E-state index contributed by atoms with van der Waals surface area (Å²) in [6, 6.07) is 0.778. The Hall–Kier alpha value is -0.610. The Morgan fingerprint density at radius 2 is 2.00 bits per heavy atom. The van der Waals surface area contributed by atoms with Crippen molar-refractivity contribution >= 4 is 5.97 Å². The molecule has 1 aliphatic carbocycles. The van der Waals surface area contributed by atoms with Crippen LogP contribution in [0.1, 0.15) is 32.1 Å². The Bertz CT molecular complexity index is 307. The number of aliphatic carboxylic acids is 1. The van der Waals surface area contributed by atoms with Gasteiger partial charge in [-0.25, -0.2) is 0 Å². The Morgan fingerprint density at radius 1 is 1.19 bits per heavy atom. The number of nitrogens with zero attached hydrogens (tertiary/aromatic N) is 1. The molecule has 0 aromatic heterocycles. The van der Waals surface area contributed by atoms with Gasteiger partial charge in [0.25, 0.3) is 0 Å². The van der Waals surface area contributed by atoms with Gasteiger partial charge in [0, 0.05) is 18.0 Å². The van der Waals surface area contributed by atoms with Crippen LogP contribution in [0.3, 0.4) is 0 Å². The molecule has 5 atom stereocenters. The number of hydrogen-bond acceptors (Lipinski definition) is 3. The van der Waals surface area contributed by atoms with E-state index in [0.717, 1.165) is 25.8 Å². The lowest BCUT2D eigenvalue weighted by molar-refractivity contribution is -0.144. The maximum Gasteiger partial charge on any atom is 0.306 e. The van der Waals surface area contributed by atoms with Crippen molar-refractivity contribution < 1.29 is 15.0 Å². The van der Waals surface area contributed by atoms with Crippen molar-refractivity contribution in [2.75, 3.05) is 6.54 Å². The summed E-state index contributed by atoms with van der Waals surface area (Å²) < 4.78 is 0. The third-order valence-electron chi connectivity index (χ3n) is 4.81. The molecule has 2 saturated heterocycles. The largest absolute Gasteiger partial charge is 0.481 e. The highest BCUT2D eigenvalue weighted by molar-refractivity contribution is 5.70. The fourth-order valence-electron chi connectivity index (χ4n) is 4.07. The van der Waals surface area contributed by atoms with E-state index in [1.165, 1.54) is 6.42 Å². The van der Waals surface area contributed by atoms with E-state index in [1.807, 2.05) is 0 Å². The molecule has 0 aromatic rings. The third kappa shape index (κ3) is 1.39. The molecule has 3 aliphatic rings. The lowest BCUT2D eigenvalue weighted by Crippen LogP contribution is -2.39. The molecule has 4 nitrogen and oxygen atoms in total. The minimum Gasteiger partial charge on any atom is -0.481 e. The van der Waals surface area contributed by atoms with Crippen LogP contribution in [0.25, 0.3) is 0 Å². The number of rotatable bonds is 1. The molecule has 90 valence electrons. The summed E-state index contributed by atoms with van der Waals surface area (Å²) in [6.07, 6.45) is 4.41. The molecule has 2 heterocycles. The van der Waals surface area contributed by atoms with Crippen LogP contribution in [0, 0.1) is 11.8 Å². The number of hydrogen-bond donors (Lipinski definition) is 2. The van der Waals surface area contributed by atoms with E-state index < -0.39 is 5.97 Å². The van der Waals surface area contributed by atoms with Gasteiger partial charge < -0.3 is 10.2 Å². The standard InChI is InChI=1S/C12H19NO3/c14-11-8-6-7(12(15)16)3-4-9(8)13-5-1-2-10(11)13/h7-11,14H,1-6H2,(H,15,16)/t7-,8+,9-,10+,11-/m1/s1. The summed E-state index contributed by atoms with van der Waals surface area (Å²) in [5.41, 5.74) is 0. The van der Waals surface area contributed by atoms with Crippen LogP contribution in [-0.2, 0) is 4.79 Å². The molecule has 16 heavy (non-hydrogen) atoms. The number of fused-ring (bicyclic) bond motifs is 3. The van der Waals surface area contributed by atoms with Crippen molar-refractivity contribution in [2.45, 2.75) is 50.3 Å². The molecule has 1 saturated carbocycles. The fraction of sp³-hybridized carbons (Fsp3) is 0.917. The smallest absolute Gasteiger partial charge is 0.306 e. The minimum atomic E-state index is -0.683. The number of aliphatic hydroxyl groups excluding tert-OH is 1. The van der Waals surface area contributed by atoms with Gasteiger partial charge in [-0.3, -0.25) is 9.69 Å². The van der Waals surface area contributed by atoms with Crippen LogP contribution in [0.5, 0.6) is 0 Å². The van der Waals surface area contributed by atoms with Crippen LogP contribution >= 0.6 is 0 Å². The number of carbonyl (C=O) groups is 1. The fourth-order valence-corrected chi connectivity index (χ4v) is 4.07. The van der Waals surface area contributed by atoms with Crippen molar-refractivity contribution in [2.24, 2.45) is 11.8 Å². The van der Waals surface area contributed by atoms with Gasteiger partial charge in [-0.15, -0.1) is 0 Å². The summed E-state index contributed by atoms with van der Waals surface area (Å²) in [5, 5.41) is 19.3. The summed E-state index contributed by atoms with van der Waals surface area (Å²) in [6.45, 7) is 1.10. The van der Waals surface area contributed by atoms with Gasteiger partial charge in [0.1, 0.15) is 0 Å². The van der Waals surface area contributed by atoms with E-state index in [1.54, 1.807) is 0 Å². The second-order valence-electron chi connectivity index (χ2n) is 5.52. The highest BCUT2D eigenvalue weighted by atomic mass is 16.4. The van der Waals surface area contributed by atoms with Crippen molar-refractivity contribution in [1.29, 1.82) is 0 Å². The molecule has 0 aromatic carbocycles. The van der Waals surface area contributed by atoms with E-state index >= 15 is 0 Å². The molecule has 3 rings (SSSR count). The van der Waals surface area contributed by atoms with E-state index in [4.69, 9.17) is 5.11 Å². The lowest BCUT2D eigenvalue weighted by atomic mass is 9.76. The lowest BCUT2D eigenvalue weighted by Gasteiger charge is -2.33. The molecule has 2 N–H and O–H groups in total. The second kappa shape index (κ2) is 3.70. The predicted molar refractivity (Wildman–Crippen MR) is 58.0 cm³/mol. The third-order valence-corrected chi connectivity index (χ3v) is 4.81. The van der Waals surface area contributed by atoms with Crippen molar-refractivity contribution in [3.05, 3.63) is 0 Å². The van der Waals surface area contributed by atoms with E-state index in [0.29, 0.717) is 18.5 Å².